The molecule has 0 unspecified atom stereocenters. The molecule has 2 heterocycles. The van der Waals surface area contributed by atoms with Gasteiger partial charge in [-0.1, -0.05) is 56.3 Å². The first-order valence-corrected chi connectivity index (χ1v) is 10.9. The van der Waals surface area contributed by atoms with Gasteiger partial charge in [-0.25, -0.2) is 0 Å². The van der Waals surface area contributed by atoms with Gasteiger partial charge < -0.3 is 9.64 Å². The number of carbonyl (C=O) groups excluding carboxylic acids is 1. The first-order chi connectivity index (χ1) is 14.1. The molecule has 29 heavy (non-hydrogen) atoms. The molecule has 2 aromatic rings. The molecule has 1 amide bonds. The maximum atomic E-state index is 12.9. The average Bonchev–Trinajstić information content (AvgIpc) is 2.73. The van der Waals surface area contributed by atoms with Crippen molar-refractivity contribution in [3.8, 4) is 0 Å². The van der Waals surface area contributed by atoms with Crippen LogP contribution in [-0.4, -0.2) is 54.1 Å². The molecule has 0 aromatic heterocycles. The summed E-state index contributed by atoms with van der Waals surface area (Å²) in [5, 5.41) is 0. The minimum absolute atomic E-state index is 0.156. The van der Waals surface area contributed by atoms with Gasteiger partial charge in [0.25, 0.3) is 5.91 Å². The van der Waals surface area contributed by atoms with E-state index < -0.39 is 0 Å². The predicted molar refractivity (Wildman–Crippen MR) is 116 cm³/mol. The molecule has 0 saturated carbocycles. The number of likely N-dealkylation sites (tertiary alicyclic amines) is 1. The van der Waals surface area contributed by atoms with Crippen LogP contribution < -0.4 is 0 Å². The van der Waals surface area contributed by atoms with Crippen molar-refractivity contribution in [3.05, 3.63) is 71.3 Å². The SMILES string of the molecule is CC(C)c1ccc(C(=O)N2CC(N(Cc3ccccc3)C3CCOCC3)C2)cc1. The van der Waals surface area contributed by atoms with Gasteiger partial charge in [0, 0.05) is 50.5 Å². The number of benzene rings is 2. The van der Waals surface area contributed by atoms with Gasteiger partial charge in [0.05, 0.1) is 0 Å². The number of hydrogen-bond acceptors (Lipinski definition) is 3. The summed E-state index contributed by atoms with van der Waals surface area (Å²) < 4.78 is 5.58. The molecule has 4 rings (SSSR count). The van der Waals surface area contributed by atoms with Crippen LogP contribution in [0.2, 0.25) is 0 Å². The van der Waals surface area contributed by atoms with E-state index in [2.05, 4.69) is 61.2 Å². The van der Waals surface area contributed by atoms with Gasteiger partial charge in [0.1, 0.15) is 0 Å². The van der Waals surface area contributed by atoms with Gasteiger partial charge >= 0.3 is 0 Å². The Morgan fingerprint density at radius 2 is 1.66 bits per heavy atom. The fourth-order valence-electron chi connectivity index (χ4n) is 4.39. The molecule has 0 radical (unpaired) electrons. The van der Waals surface area contributed by atoms with E-state index in [4.69, 9.17) is 4.74 Å². The second kappa shape index (κ2) is 9.10. The summed E-state index contributed by atoms with van der Waals surface area (Å²) in [5.41, 5.74) is 3.41. The second-order valence-corrected chi connectivity index (χ2v) is 8.64. The van der Waals surface area contributed by atoms with Gasteiger partial charge in [0.2, 0.25) is 0 Å². The molecule has 0 aliphatic carbocycles. The van der Waals surface area contributed by atoms with Gasteiger partial charge in [0.15, 0.2) is 0 Å². The monoisotopic (exact) mass is 392 g/mol. The number of amides is 1. The number of hydrogen-bond donors (Lipinski definition) is 0. The van der Waals surface area contributed by atoms with E-state index in [9.17, 15) is 4.79 Å². The van der Waals surface area contributed by atoms with Crippen LogP contribution in [0, 0.1) is 0 Å². The van der Waals surface area contributed by atoms with Crippen molar-refractivity contribution in [2.24, 2.45) is 0 Å². The fraction of sp³-hybridized carbons (Fsp3) is 0.480. The summed E-state index contributed by atoms with van der Waals surface area (Å²) >= 11 is 0. The molecule has 0 spiro atoms. The summed E-state index contributed by atoms with van der Waals surface area (Å²) in [7, 11) is 0. The van der Waals surface area contributed by atoms with Crippen LogP contribution in [0.5, 0.6) is 0 Å². The van der Waals surface area contributed by atoms with Gasteiger partial charge in [-0.05, 0) is 42.0 Å². The van der Waals surface area contributed by atoms with E-state index in [1.54, 1.807) is 0 Å². The van der Waals surface area contributed by atoms with Crippen LogP contribution in [-0.2, 0) is 11.3 Å². The highest BCUT2D eigenvalue weighted by molar-refractivity contribution is 5.94. The molecule has 0 N–H and O–H groups in total. The Balaban J connectivity index is 1.40. The molecular formula is C25H32N2O2. The van der Waals surface area contributed by atoms with Crippen molar-refractivity contribution < 1.29 is 9.53 Å². The van der Waals surface area contributed by atoms with Crippen LogP contribution in [0.3, 0.4) is 0 Å². The Bertz CT molecular complexity index is 791. The quantitative estimate of drug-likeness (QED) is 0.734. The third kappa shape index (κ3) is 4.71. The van der Waals surface area contributed by atoms with E-state index >= 15 is 0 Å². The van der Waals surface area contributed by atoms with Crippen LogP contribution in [0.25, 0.3) is 0 Å². The van der Waals surface area contributed by atoms with Crippen molar-refractivity contribution in [1.29, 1.82) is 0 Å². The lowest BCUT2D eigenvalue weighted by Gasteiger charge is -2.49. The molecule has 4 nitrogen and oxygen atoms in total. The number of ether oxygens (including phenoxy) is 1. The maximum absolute atomic E-state index is 12.9. The third-order valence-electron chi connectivity index (χ3n) is 6.31. The van der Waals surface area contributed by atoms with Gasteiger partial charge in [-0.15, -0.1) is 0 Å². The van der Waals surface area contributed by atoms with Gasteiger partial charge in [-0.3, -0.25) is 9.69 Å². The first kappa shape index (κ1) is 20.1. The molecule has 2 aromatic carbocycles. The standard InChI is InChI=1S/C25H32N2O2/c1-19(2)21-8-10-22(11-9-21)25(28)26-17-24(18-26)27(23-12-14-29-15-13-23)16-20-6-4-3-5-7-20/h3-11,19,23-24H,12-18H2,1-2H3. The van der Waals surface area contributed by atoms with Crippen LogP contribution in [0.4, 0.5) is 0 Å². The zero-order valence-electron chi connectivity index (χ0n) is 17.6. The van der Waals surface area contributed by atoms with Crippen molar-refractivity contribution in [2.45, 2.75) is 51.2 Å². The molecule has 0 bridgehead atoms. The lowest BCUT2D eigenvalue weighted by Crippen LogP contribution is -2.63. The lowest BCUT2D eigenvalue weighted by atomic mass is 9.97. The van der Waals surface area contributed by atoms with E-state index in [1.165, 1.54) is 11.1 Å². The summed E-state index contributed by atoms with van der Waals surface area (Å²) in [6.45, 7) is 8.61. The Morgan fingerprint density at radius 3 is 2.28 bits per heavy atom. The van der Waals surface area contributed by atoms with Crippen molar-refractivity contribution in [3.63, 3.8) is 0 Å². The highest BCUT2D eigenvalue weighted by Crippen LogP contribution is 2.26. The zero-order chi connectivity index (χ0) is 20.2. The molecular weight excluding hydrogens is 360 g/mol. The van der Waals surface area contributed by atoms with Gasteiger partial charge in [-0.2, -0.15) is 0 Å². The first-order valence-electron chi connectivity index (χ1n) is 10.9. The number of carbonyl (C=O) groups is 1. The molecule has 154 valence electrons. The Labute approximate surface area is 174 Å². The number of nitrogens with zero attached hydrogens (tertiary/aromatic N) is 2. The molecule has 2 aliphatic rings. The van der Waals surface area contributed by atoms with Crippen molar-refractivity contribution >= 4 is 5.91 Å². The Kier molecular flexibility index (Phi) is 6.31. The minimum Gasteiger partial charge on any atom is -0.381 e. The van der Waals surface area contributed by atoms with Crippen LogP contribution in [0.1, 0.15) is 54.1 Å². The zero-order valence-corrected chi connectivity index (χ0v) is 17.6. The summed E-state index contributed by atoms with van der Waals surface area (Å²) in [6, 6.07) is 19.8. The van der Waals surface area contributed by atoms with E-state index in [0.29, 0.717) is 18.0 Å². The maximum Gasteiger partial charge on any atom is 0.253 e. The summed E-state index contributed by atoms with van der Waals surface area (Å²) in [5.74, 6) is 0.641. The Hall–Kier alpha value is -2.17. The molecule has 2 fully saturated rings. The van der Waals surface area contributed by atoms with Crippen LogP contribution >= 0.6 is 0 Å². The van der Waals surface area contributed by atoms with Crippen LogP contribution in [0.15, 0.2) is 54.6 Å². The molecule has 4 heteroatoms. The van der Waals surface area contributed by atoms with Crippen molar-refractivity contribution in [2.75, 3.05) is 26.3 Å². The highest BCUT2D eigenvalue weighted by Gasteiger charge is 2.38. The van der Waals surface area contributed by atoms with E-state index in [1.807, 2.05) is 17.0 Å². The third-order valence-corrected chi connectivity index (χ3v) is 6.31. The van der Waals surface area contributed by atoms with E-state index in [0.717, 1.165) is 51.3 Å². The number of rotatable bonds is 6. The highest BCUT2D eigenvalue weighted by atomic mass is 16.5. The molecule has 2 aliphatic heterocycles. The normalized spacial score (nSPS) is 18.3. The summed E-state index contributed by atoms with van der Waals surface area (Å²) in [6.07, 6.45) is 2.15. The Morgan fingerprint density at radius 1 is 1.00 bits per heavy atom. The van der Waals surface area contributed by atoms with Crippen molar-refractivity contribution in [1.82, 2.24) is 9.80 Å². The topological polar surface area (TPSA) is 32.8 Å². The smallest absolute Gasteiger partial charge is 0.253 e. The fourth-order valence-corrected chi connectivity index (χ4v) is 4.39. The predicted octanol–water partition coefficient (Wildman–Crippen LogP) is 4.32. The lowest BCUT2D eigenvalue weighted by molar-refractivity contribution is -0.0289. The molecule has 0 atom stereocenters. The summed E-state index contributed by atoms with van der Waals surface area (Å²) in [4.78, 5) is 17.5. The largest absolute Gasteiger partial charge is 0.381 e. The molecule has 2 saturated heterocycles. The minimum atomic E-state index is 0.156. The average molecular weight is 393 g/mol. The van der Waals surface area contributed by atoms with E-state index in [-0.39, 0.29) is 5.91 Å². The second-order valence-electron chi connectivity index (χ2n) is 8.64.